The van der Waals surface area contributed by atoms with E-state index in [2.05, 4.69) is 123 Å². The summed E-state index contributed by atoms with van der Waals surface area (Å²) in [4.78, 5) is 3.06. The van der Waals surface area contributed by atoms with Crippen molar-refractivity contribution < 1.29 is 20.1 Å². The summed E-state index contributed by atoms with van der Waals surface area (Å²) in [6, 6.07) is 23.5. The van der Waals surface area contributed by atoms with E-state index < -0.39 is 0 Å². The Hall–Kier alpha value is -4.51. The SMILES string of the molecule is CC(C)(C)CC(C)(C)c1cc(CCl)c(O)c(-n2nc3ccccc3n2)c1.CC(C)CCO.CC(C)CCOCc1cc(C(C)(C)CC(C)(C)C)cc(-n2nc3ccccc3n2)c1O. The molecule has 0 saturated heterocycles. The van der Waals surface area contributed by atoms with E-state index in [-0.39, 0.29) is 39.0 Å². The van der Waals surface area contributed by atoms with Gasteiger partial charge in [0.1, 0.15) is 44.9 Å². The molecular weight excluding hydrogens is 808 g/mol. The number of halogens is 1. The molecule has 2 aromatic heterocycles. The number of nitrogens with zero attached hydrogens (tertiary/aromatic N) is 6. The van der Waals surface area contributed by atoms with Gasteiger partial charge in [0.05, 0.1) is 12.5 Å². The van der Waals surface area contributed by atoms with Gasteiger partial charge in [-0.1, -0.05) is 127 Å². The number of phenols is 2. The highest BCUT2D eigenvalue weighted by Gasteiger charge is 2.31. The summed E-state index contributed by atoms with van der Waals surface area (Å²) >= 11 is 6.12. The zero-order valence-electron chi connectivity index (χ0n) is 40.6. The molecule has 63 heavy (non-hydrogen) atoms. The molecule has 4 aromatic carbocycles. The number of rotatable bonds is 14. The van der Waals surface area contributed by atoms with Gasteiger partial charge in [0.2, 0.25) is 0 Å². The highest BCUT2D eigenvalue weighted by molar-refractivity contribution is 6.17. The fourth-order valence-corrected chi connectivity index (χ4v) is 8.41. The van der Waals surface area contributed by atoms with E-state index in [4.69, 9.17) is 21.4 Å². The number of alkyl halides is 1. The fourth-order valence-electron chi connectivity index (χ4n) is 8.20. The normalized spacial score (nSPS) is 12.5. The minimum atomic E-state index is -0.0834. The Morgan fingerprint density at radius 1 is 0.571 bits per heavy atom. The van der Waals surface area contributed by atoms with E-state index in [9.17, 15) is 10.2 Å². The Bertz CT molecular complexity index is 2320. The van der Waals surface area contributed by atoms with E-state index in [1.807, 2.05) is 66.7 Å². The van der Waals surface area contributed by atoms with Gasteiger partial charge in [-0.2, -0.15) is 0 Å². The number of hydrogen-bond acceptors (Lipinski definition) is 8. The third-order valence-electron chi connectivity index (χ3n) is 10.8. The quantitative estimate of drug-likeness (QED) is 0.0728. The zero-order valence-corrected chi connectivity index (χ0v) is 41.3. The Kier molecular flexibility index (Phi) is 17.4. The molecule has 0 aliphatic heterocycles. The first kappa shape index (κ1) is 51.1. The zero-order chi connectivity index (χ0) is 46.9. The molecule has 0 radical (unpaired) electrons. The lowest BCUT2D eigenvalue weighted by Gasteiger charge is -2.33. The monoisotopic (exact) mass is 883 g/mol. The highest BCUT2D eigenvalue weighted by atomic mass is 35.5. The number of ether oxygens (including phenoxy) is 1. The van der Waals surface area contributed by atoms with Crippen molar-refractivity contribution in [2.24, 2.45) is 22.7 Å². The molecule has 3 N–H and O–H groups in total. The minimum Gasteiger partial charge on any atom is -0.505 e. The smallest absolute Gasteiger partial charge is 0.148 e. The molecule has 2 heterocycles. The van der Waals surface area contributed by atoms with Gasteiger partial charge in [0, 0.05) is 24.3 Å². The van der Waals surface area contributed by atoms with Gasteiger partial charge in [-0.05, 0) is 113 Å². The number of benzene rings is 4. The van der Waals surface area contributed by atoms with Gasteiger partial charge in [-0.3, -0.25) is 0 Å². The molecule has 10 nitrogen and oxygen atoms in total. The van der Waals surface area contributed by atoms with Crippen LogP contribution in [0.2, 0.25) is 0 Å². The summed E-state index contributed by atoms with van der Waals surface area (Å²) in [5.74, 6) is 1.78. The third kappa shape index (κ3) is 14.8. The van der Waals surface area contributed by atoms with Crippen LogP contribution in [0, 0.1) is 22.7 Å². The molecule has 0 saturated carbocycles. The Balaban J connectivity index is 0.000000248. The van der Waals surface area contributed by atoms with Crippen molar-refractivity contribution in [1.29, 1.82) is 0 Å². The first-order chi connectivity index (χ1) is 29.3. The predicted octanol–water partition coefficient (Wildman–Crippen LogP) is 13.0. The van der Waals surface area contributed by atoms with Gasteiger partial charge in [0.15, 0.2) is 0 Å². The molecule has 11 heteroatoms. The molecule has 0 unspecified atom stereocenters. The van der Waals surface area contributed by atoms with Gasteiger partial charge >= 0.3 is 0 Å². The van der Waals surface area contributed by atoms with Crippen LogP contribution in [0.5, 0.6) is 11.5 Å². The number of aliphatic hydroxyl groups excluding tert-OH is 1. The molecule has 0 amide bonds. The van der Waals surface area contributed by atoms with Crippen LogP contribution in [0.3, 0.4) is 0 Å². The Morgan fingerprint density at radius 2 is 0.937 bits per heavy atom. The molecule has 6 rings (SSSR count). The summed E-state index contributed by atoms with van der Waals surface area (Å²) in [6.45, 7) is 32.4. The third-order valence-corrected chi connectivity index (χ3v) is 11.1. The van der Waals surface area contributed by atoms with E-state index in [0.717, 1.165) is 64.4 Å². The molecule has 0 fully saturated rings. The number of aromatic hydroxyl groups is 2. The molecule has 0 aliphatic rings. The van der Waals surface area contributed by atoms with Crippen LogP contribution in [0.25, 0.3) is 33.4 Å². The van der Waals surface area contributed by atoms with Crippen molar-refractivity contribution in [3.63, 3.8) is 0 Å². The number of aliphatic hydroxyl groups is 1. The van der Waals surface area contributed by atoms with Crippen LogP contribution in [-0.4, -0.2) is 58.5 Å². The molecule has 0 atom stereocenters. The van der Waals surface area contributed by atoms with Crippen molar-refractivity contribution in [2.75, 3.05) is 13.2 Å². The van der Waals surface area contributed by atoms with Crippen molar-refractivity contribution in [1.82, 2.24) is 30.0 Å². The maximum Gasteiger partial charge on any atom is 0.148 e. The summed E-state index contributed by atoms with van der Waals surface area (Å²) in [7, 11) is 0. The highest BCUT2D eigenvalue weighted by Crippen LogP contribution is 2.41. The van der Waals surface area contributed by atoms with Crippen molar-refractivity contribution in [3.8, 4) is 22.9 Å². The molecule has 0 aliphatic carbocycles. The van der Waals surface area contributed by atoms with Crippen LogP contribution in [0.15, 0.2) is 72.8 Å². The first-order valence-electron chi connectivity index (χ1n) is 22.5. The summed E-state index contributed by atoms with van der Waals surface area (Å²) < 4.78 is 5.92. The minimum absolute atomic E-state index is 0.0753. The lowest BCUT2D eigenvalue weighted by Crippen LogP contribution is -2.25. The van der Waals surface area contributed by atoms with Crippen LogP contribution in [0.1, 0.15) is 145 Å². The first-order valence-corrected chi connectivity index (χ1v) is 23.0. The largest absolute Gasteiger partial charge is 0.505 e. The number of phenolic OH excluding ortho intramolecular Hbond substituents is 2. The molecule has 0 spiro atoms. The van der Waals surface area contributed by atoms with E-state index in [0.29, 0.717) is 48.6 Å². The van der Waals surface area contributed by atoms with Crippen molar-refractivity contribution in [2.45, 2.75) is 146 Å². The van der Waals surface area contributed by atoms with Crippen molar-refractivity contribution >= 4 is 33.7 Å². The molecule has 6 aromatic rings. The maximum absolute atomic E-state index is 11.1. The molecule has 0 bridgehead atoms. The Morgan fingerprint density at radius 3 is 1.25 bits per heavy atom. The van der Waals surface area contributed by atoms with E-state index >= 15 is 0 Å². The topological polar surface area (TPSA) is 131 Å². The Labute approximate surface area is 382 Å². The molecular formula is C52H75ClN6O4. The van der Waals surface area contributed by atoms with E-state index in [1.165, 1.54) is 4.80 Å². The van der Waals surface area contributed by atoms with Crippen molar-refractivity contribution in [3.05, 3.63) is 95.1 Å². The van der Waals surface area contributed by atoms with Gasteiger partial charge < -0.3 is 20.1 Å². The predicted molar refractivity (Wildman–Crippen MR) is 260 cm³/mol. The second-order valence-corrected chi connectivity index (χ2v) is 21.7. The standard InChI is InChI=1S/C26H37N3O2.C21H26ClN3O.C5H12O/c1-18(2)12-13-31-16-19-14-20(26(6,7)17-25(3,4)5)15-23(24(19)30)29-27-21-10-8-9-11-22(21)28-29;1-20(2,3)13-21(4,5)15-10-14(12-22)19(26)18(11-15)25-23-16-8-6-7-9-17(16)24-25;1-5(2)3-4-6/h8-11,14-15,18,30H,12-13,16-17H2,1-7H3;6-11,26H,12-13H2,1-5H3;5-6H,3-4H2,1-2H3. The van der Waals surface area contributed by atoms with Crippen LogP contribution in [-0.2, 0) is 28.1 Å². The summed E-state index contributed by atoms with van der Waals surface area (Å²) in [5, 5.41) is 48.3. The maximum atomic E-state index is 11.1. The number of hydrogen-bond donors (Lipinski definition) is 3. The number of aromatic nitrogens is 6. The second-order valence-electron chi connectivity index (χ2n) is 21.5. The fraction of sp³-hybridized carbons (Fsp3) is 0.538. The molecule has 344 valence electrons. The van der Waals surface area contributed by atoms with Crippen LogP contribution < -0.4 is 0 Å². The summed E-state index contributed by atoms with van der Waals surface area (Å²) in [6.07, 6.45) is 3.93. The lowest BCUT2D eigenvalue weighted by atomic mass is 9.72. The van der Waals surface area contributed by atoms with Crippen LogP contribution in [0.4, 0.5) is 0 Å². The summed E-state index contributed by atoms with van der Waals surface area (Å²) in [5.41, 5.74) is 8.29. The lowest BCUT2D eigenvalue weighted by molar-refractivity contribution is 0.109. The van der Waals surface area contributed by atoms with Gasteiger partial charge in [-0.25, -0.2) is 0 Å². The average Bonchev–Trinajstić information content (AvgIpc) is 3.80. The van der Waals surface area contributed by atoms with E-state index in [1.54, 1.807) is 4.80 Å². The van der Waals surface area contributed by atoms with Gasteiger partial charge in [-0.15, -0.1) is 41.6 Å². The van der Waals surface area contributed by atoms with Crippen LogP contribution >= 0.6 is 11.6 Å². The average molecular weight is 884 g/mol. The van der Waals surface area contributed by atoms with Gasteiger partial charge in [0.25, 0.3) is 0 Å². The number of fused-ring (bicyclic) bond motifs is 2. The second kappa shape index (κ2) is 21.4.